The quantitative estimate of drug-likeness (QED) is 0.383. The molecule has 0 amide bonds. The molecule has 0 spiro atoms. The second-order valence-corrected chi connectivity index (χ2v) is 9.26. The number of aliphatic hydroxyl groups excluding tert-OH is 3. The monoisotopic (exact) mass is 487 g/mol. The number of aliphatic hydroxyl groups is 3. The number of aromatic hydroxyl groups is 2. The Balaban J connectivity index is 1.54. The van der Waals surface area contributed by atoms with Gasteiger partial charge < -0.3 is 39.7 Å². The number of nitrogens with zero attached hydrogens (tertiary/aromatic N) is 1. The average molecular weight is 488 g/mol. The van der Waals surface area contributed by atoms with Crippen molar-refractivity contribution in [2.75, 3.05) is 26.8 Å². The molecule has 0 bridgehead atoms. The van der Waals surface area contributed by atoms with Gasteiger partial charge in [-0.25, -0.2) is 4.79 Å². The van der Waals surface area contributed by atoms with E-state index in [0.29, 0.717) is 12.5 Å². The Kier molecular flexibility index (Phi) is 6.32. The smallest absolute Gasteiger partial charge is 0.339 e. The summed E-state index contributed by atoms with van der Waals surface area (Å²) >= 11 is 0. The number of esters is 1. The van der Waals surface area contributed by atoms with Gasteiger partial charge in [-0.2, -0.15) is 0 Å². The number of benzene rings is 2. The number of hydrogen-bond acceptors (Lipinski definition) is 10. The fraction of sp³-hybridized carbons (Fsp3) is 0.480. The number of ether oxygens (including phenoxy) is 3. The second kappa shape index (κ2) is 9.29. The minimum atomic E-state index is -1.55. The van der Waals surface area contributed by atoms with Gasteiger partial charge in [0.1, 0.15) is 24.4 Å². The molecule has 2 aromatic carbocycles. The molecule has 0 radical (unpaired) electrons. The van der Waals surface area contributed by atoms with Crippen LogP contribution in [0, 0.1) is 0 Å². The van der Waals surface area contributed by atoms with Crippen LogP contribution in [0.3, 0.4) is 0 Å². The predicted octanol–water partition coefficient (Wildman–Crippen LogP) is 0.789. The van der Waals surface area contributed by atoms with Crippen molar-refractivity contribution in [2.45, 2.75) is 49.4 Å². The number of phenolic OH excluding ortho intramolecular Hbond substituents is 2. The van der Waals surface area contributed by atoms with Gasteiger partial charge >= 0.3 is 5.97 Å². The van der Waals surface area contributed by atoms with Gasteiger partial charge in [-0.15, -0.1) is 0 Å². The summed E-state index contributed by atoms with van der Waals surface area (Å²) in [6.07, 6.45) is -5.78. The summed E-state index contributed by atoms with van der Waals surface area (Å²) in [5.41, 5.74) is 1.37. The molecular weight excluding hydrogens is 458 g/mol. The lowest BCUT2D eigenvalue weighted by Crippen LogP contribution is -2.58. The van der Waals surface area contributed by atoms with Gasteiger partial charge in [0.2, 0.25) is 5.75 Å². The summed E-state index contributed by atoms with van der Waals surface area (Å²) in [6.45, 7) is 1.03. The lowest BCUT2D eigenvalue weighted by molar-refractivity contribution is -0.235. The summed E-state index contributed by atoms with van der Waals surface area (Å²) in [6, 6.07) is 10.1. The van der Waals surface area contributed by atoms with Crippen LogP contribution in [0.5, 0.6) is 17.2 Å². The highest BCUT2D eigenvalue weighted by atomic mass is 16.6. The van der Waals surface area contributed by atoms with Crippen molar-refractivity contribution in [3.8, 4) is 17.2 Å². The molecule has 2 fully saturated rings. The predicted molar refractivity (Wildman–Crippen MR) is 121 cm³/mol. The van der Waals surface area contributed by atoms with Gasteiger partial charge in [-0.1, -0.05) is 30.3 Å². The zero-order valence-electron chi connectivity index (χ0n) is 19.2. The van der Waals surface area contributed by atoms with Crippen LogP contribution in [0.1, 0.15) is 45.5 Å². The molecule has 0 unspecified atom stereocenters. The molecule has 2 saturated heterocycles. The molecular formula is C25H29NO9. The van der Waals surface area contributed by atoms with E-state index < -0.39 is 48.8 Å². The number of likely N-dealkylation sites (tertiary alicyclic amines) is 1. The maximum absolute atomic E-state index is 13.1. The van der Waals surface area contributed by atoms with Crippen LogP contribution in [0.15, 0.2) is 30.3 Å². The third-order valence-electron chi connectivity index (χ3n) is 7.27. The maximum Gasteiger partial charge on any atom is 0.339 e. The molecule has 5 rings (SSSR count). The van der Waals surface area contributed by atoms with E-state index in [9.17, 15) is 30.3 Å². The Hall–Kier alpha value is -2.89. The molecule has 0 saturated carbocycles. The fourth-order valence-corrected chi connectivity index (χ4v) is 5.46. The number of carbonyl (C=O) groups excluding carboxylic acids is 1. The van der Waals surface area contributed by atoms with Crippen LogP contribution in [0.2, 0.25) is 0 Å². The third-order valence-corrected chi connectivity index (χ3v) is 7.27. The molecule has 10 nitrogen and oxygen atoms in total. The summed E-state index contributed by atoms with van der Waals surface area (Å²) < 4.78 is 16.5. The Morgan fingerprint density at radius 3 is 2.54 bits per heavy atom. The average Bonchev–Trinajstić information content (AvgIpc) is 3.33. The normalized spacial score (nSPS) is 30.5. The molecule has 5 N–H and O–H groups in total. The van der Waals surface area contributed by atoms with E-state index in [1.165, 1.54) is 12.7 Å². The number of rotatable bonds is 5. The molecule has 188 valence electrons. The SMILES string of the molecule is COc1c(O)c(CN2CC[C@H](c3ccccc3)C2)c2c(c1O)[C@@H]1O[C@H](CO)[C@@H](O)[C@H](O)[C@H]1OC2=O. The molecule has 3 aliphatic heterocycles. The van der Waals surface area contributed by atoms with Crippen LogP contribution >= 0.6 is 0 Å². The molecule has 2 aromatic rings. The zero-order valence-corrected chi connectivity index (χ0v) is 19.2. The van der Waals surface area contributed by atoms with E-state index in [1.54, 1.807) is 0 Å². The molecule has 3 aliphatic rings. The van der Waals surface area contributed by atoms with Gasteiger partial charge in [0.25, 0.3) is 0 Å². The maximum atomic E-state index is 13.1. The van der Waals surface area contributed by atoms with Crippen molar-refractivity contribution in [1.29, 1.82) is 0 Å². The Labute approximate surface area is 201 Å². The fourth-order valence-electron chi connectivity index (χ4n) is 5.46. The second-order valence-electron chi connectivity index (χ2n) is 9.26. The highest BCUT2D eigenvalue weighted by Gasteiger charge is 2.53. The zero-order chi connectivity index (χ0) is 24.9. The lowest BCUT2D eigenvalue weighted by Gasteiger charge is -2.45. The largest absolute Gasteiger partial charge is 0.504 e. The highest BCUT2D eigenvalue weighted by Crippen LogP contribution is 2.52. The van der Waals surface area contributed by atoms with E-state index in [2.05, 4.69) is 17.0 Å². The summed E-state index contributed by atoms with van der Waals surface area (Å²) in [5.74, 6) is -1.68. The first kappa shape index (κ1) is 23.8. The first-order valence-corrected chi connectivity index (χ1v) is 11.6. The summed E-state index contributed by atoms with van der Waals surface area (Å²) in [5, 5.41) is 52.3. The van der Waals surface area contributed by atoms with Crippen LogP contribution in [-0.4, -0.2) is 87.6 Å². The van der Waals surface area contributed by atoms with Crippen LogP contribution in [-0.2, 0) is 16.0 Å². The molecule has 35 heavy (non-hydrogen) atoms. The third kappa shape index (κ3) is 3.91. The van der Waals surface area contributed by atoms with Gasteiger partial charge in [-0.3, -0.25) is 4.90 Å². The van der Waals surface area contributed by atoms with Gasteiger partial charge in [0.05, 0.1) is 19.3 Å². The minimum absolute atomic E-state index is 0.000827. The van der Waals surface area contributed by atoms with Crippen LogP contribution in [0.4, 0.5) is 0 Å². The molecule has 0 aromatic heterocycles. The van der Waals surface area contributed by atoms with Gasteiger partial charge in [0.15, 0.2) is 17.6 Å². The van der Waals surface area contributed by atoms with Crippen LogP contribution in [0.25, 0.3) is 0 Å². The molecule has 10 heteroatoms. The van der Waals surface area contributed by atoms with E-state index >= 15 is 0 Å². The Morgan fingerprint density at radius 1 is 1.11 bits per heavy atom. The molecule has 6 atom stereocenters. The first-order valence-electron chi connectivity index (χ1n) is 11.6. The van der Waals surface area contributed by atoms with Crippen LogP contribution < -0.4 is 4.74 Å². The minimum Gasteiger partial charge on any atom is -0.504 e. The van der Waals surface area contributed by atoms with Crippen molar-refractivity contribution >= 4 is 5.97 Å². The Bertz CT molecular complexity index is 1110. The van der Waals surface area contributed by atoms with Crippen molar-refractivity contribution in [1.82, 2.24) is 4.90 Å². The highest BCUT2D eigenvalue weighted by molar-refractivity contribution is 5.97. The number of fused-ring (bicyclic) bond motifs is 3. The van der Waals surface area contributed by atoms with E-state index in [4.69, 9.17) is 14.2 Å². The van der Waals surface area contributed by atoms with Crippen molar-refractivity contribution in [3.63, 3.8) is 0 Å². The molecule has 0 aliphatic carbocycles. The standard InChI is InChI=1S/C25H29NO9/c1-33-23-18(28)14(10-26-8-7-13(9-26)12-5-3-2-4-6-12)16-17(20(23)30)22-24(35-25(16)32)21(31)19(29)15(11-27)34-22/h2-6,13,15,19,21-22,24,27-31H,7-11H2,1H3/t13-,15+,19+,21-,22-,24+/m0/s1. The molecule has 3 heterocycles. The summed E-state index contributed by atoms with van der Waals surface area (Å²) in [4.78, 5) is 15.2. The number of phenols is 2. The van der Waals surface area contributed by atoms with E-state index in [-0.39, 0.29) is 34.7 Å². The topological polar surface area (TPSA) is 149 Å². The number of carbonyl (C=O) groups is 1. The van der Waals surface area contributed by atoms with Gasteiger partial charge in [0, 0.05) is 24.2 Å². The summed E-state index contributed by atoms with van der Waals surface area (Å²) in [7, 11) is 1.28. The number of methoxy groups -OCH3 is 1. The van der Waals surface area contributed by atoms with Crippen molar-refractivity contribution in [3.05, 3.63) is 52.6 Å². The van der Waals surface area contributed by atoms with Crippen molar-refractivity contribution < 1.29 is 44.5 Å². The van der Waals surface area contributed by atoms with Crippen molar-refractivity contribution in [2.24, 2.45) is 0 Å². The van der Waals surface area contributed by atoms with Gasteiger partial charge in [-0.05, 0) is 24.4 Å². The van der Waals surface area contributed by atoms with E-state index in [0.717, 1.165) is 13.0 Å². The van der Waals surface area contributed by atoms with E-state index in [1.807, 2.05) is 18.2 Å². The number of hydrogen-bond donors (Lipinski definition) is 5. The first-order chi connectivity index (χ1) is 16.8. The Morgan fingerprint density at radius 2 is 1.86 bits per heavy atom. The lowest BCUT2D eigenvalue weighted by atomic mass is 9.84.